The van der Waals surface area contributed by atoms with Gasteiger partial charge < -0.3 is 15.2 Å². The Kier molecular flexibility index (Phi) is 7.73. The monoisotopic (exact) mass is 436 g/mol. The summed E-state index contributed by atoms with van der Waals surface area (Å²) in [5, 5.41) is 8.16. The second kappa shape index (κ2) is 9.40. The molecule has 2 aliphatic heterocycles. The summed E-state index contributed by atoms with van der Waals surface area (Å²) < 4.78 is 25.6. The maximum absolute atomic E-state index is 11.7. The van der Waals surface area contributed by atoms with E-state index < -0.39 is 10.0 Å². The molecule has 3 rings (SSSR count). The minimum Gasteiger partial charge on any atom is -0.382 e. The van der Waals surface area contributed by atoms with Gasteiger partial charge in [-0.1, -0.05) is 11.6 Å². The number of piperazine rings is 1. The number of halogens is 2. The van der Waals surface area contributed by atoms with Crippen molar-refractivity contribution >= 4 is 39.7 Å². The molecule has 0 amide bonds. The second-order valence-electron chi connectivity index (χ2n) is 6.51. The number of hydrogen-bond donors (Lipinski definition) is 2. The lowest BCUT2D eigenvalue weighted by Gasteiger charge is -2.42. The Labute approximate surface area is 172 Å². The fourth-order valence-electron chi connectivity index (χ4n) is 3.07. The molecule has 152 valence electrons. The fraction of sp³-hybridized carbons (Fsp3) is 0.562. The summed E-state index contributed by atoms with van der Waals surface area (Å²) in [5.74, 6) is 0.00347. The number of hydrazine groups is 1. The van der Waals surface area contributed by atoms with Crippen LogP contribution in [0, 0.1) is 0 Å². The van der Waals surface area contributed by atoms with Gasteiger partial charge in [-0.15, -0.1) is 12.4 Å². The summed E-state index contributed by atoms with van der Waals surface area (Å²) in [6, 6.07) is 1.82. The maximum Gasteiger partial charge on any atom is 0.213 e. The summed E-state index contributed by atoms with van der Waals surface area (Å²) in [4.78, 5) is 6.51. The number of nitrogens with one attached hydrogen (secondary N) is 2. The van der Waals surface area contributed by atoms with Gasteiger partial charge in [0.1, 0.15) is 5.15 Å². The van der Waals surface area contributed by atoms with E-state index in [4.69, 9.17) is 11.6 Å². The number of pyridine rings is 1. The van der Waals surface area contributed by atoms with Crippen molar-refractivity contribution < 1.29 is 8.42 Å². The first-order chi connectivity index (χ1) is 12.4. The quantitative estimate of drug-likeness (QED) is 0.630. The summed E-state index contributed by atoms with van der Waals surface area (Å²) in [7, 11) is 0.293. The Morgan fingerprint density at radius 3 is 2.63 bits per heavy atom. The third kappa shape index (κ3) is 5.69. The van der Waals surface area contributed by atoms with Crippen molar-refractivity contribution in [2.75, 3.05) is 52.6 Å². The van der Waals surface area contributed by atoms with Crippen LogP contribution in [0.1, 0.15) is 11.1 Å². The molecule has 0 atom stereocenters. The van der Waals surface area contributed by atoms with Gasteiger partial charge in [-0.3, -0.25) is 0 Å². The Hall–Kier alpha value is -1.10. The zero-order chi connectivity index (χ0) is 18.7. The van der Waals surface area contributed by atoms with Crippen molar-refractivity contribution in [3.63, 3.8) is 0 Å². The second-order valence-corrected chi connectivity index (χ2v) is 8.94. The molecule has 3 heterocycles. The summed E-state index contributed by atoms with van der Waals surface area (Å²) in [6.45, 7) is 4.96. The average molecular weight is 437 g/mol. The van der Waals surface area contributed by atoms with E-state index in [0.29, 0.717) is 11.7 Å². The highest BCUT2D eigenvalue weighted by Gasteiger charge is 2.24. The summed E-state index contributed by atoms with van der Waals surface area (Å²) in [5.41, 5.74) is 2.90. The number of nitrogens with zero attached hydrogens (tertiary/aromatic N) is 4. The van der Waals surface area contributed by atoms with Crippen LogP contribution < -0.4 is 10.0 Å². The van der Waals surface area contributed by atoms with Crippen molar-refractivity contribution in [2.24, 2.45) is 0 Å². The molecule has 0 bridgehead atoms. The van der Waals surface area contributed by atoms with Gasteiger partial charge in [0, 0.05) is 56.2 Å². The van der Waals surface area contributed by atoms with Crippen LogP contribution >= 0.6 is 24.0 Å². The smallest absolute Gasteiger partial charge is 0.213 e. The number of likely N-dealkylation sites (N-methyl/N-ethyl adjacent to an activating group) is 1. The van der Waals surface area contributed by atoms with Crippen LogP contribution in [0.3, 0.4) is 0 Å². The zero-order valence-corrected chi connectivity index (χ0v) is 17.9. The van der Waals surface area contributed by atoms with Crippen LogP contribution in [0.15, 0.2) is 18.5 Å². The van der Waals surface area contributed by atoms with E-state index in [9.17, 15) is 8.42 Å². The molecule has 27 heavy (non-hydrogen) atoms. The standard InChI is InChI=1S/C16H25ClN6O2S.ClH/c1-18-26(24,25)8-3-19-15-12-23(22-6-4-21(2)5-7-22)11-13-10-20-16(17)9-14(13)15;/h9-10,12,18-19H,3-8,11H2,1-2H3;1H. The molecular formula is C16H26Cl2N6O2S. The number of rotatable bonds is 6. The molecular weight excluding hydrogens is 411 g/mol. The topological polar surface area (TPSA) is 80.8 Å². The third-order valence-electron chi connectivity index (χ3n) is 4.69. The van der Waals surface area contributed by atoms with Crippen LogP contribution in [0.4, 0.5) is 0 Å². The predicted octanol–water partition coefficient (Wildman–Crippen LogP) is 0.572. The number of aromatic nitrogens is 1. The highest BCUT2D eigenvalue weighted by atomic mass is 35.5. The van der Waals surface area contributed by atoms with Crippen LogP contribution in [0.25, 0.3) is 5.70 Å². The molecule has 1 saturated heterocycles. The molecule has 1 fully saturated rings. The van der Waals surface area contributed by atoms with Gasteiger partial charge in [-0.05, 0) is 20.2 Å². The Balaban J connectivity index is 0.00000261. The Morgan fingerprint density at radius 2 is 1.96 bits per heavy atom. The number of fused-ring (bicyclic) bond motifs is 1. The molecule has 11 heteroatoms. The molecule has 2 N–H and O–H groups in total. The van der Waals surface area contributed by atoms with Gasteiger partial charge in [0.05, 0.1) is 18.0 Å². The van der Waals surface area contributed by atoms with E-state index in [2.05, 4.69) is 37.0 Å². The van der Waals surface area contributed by atoms with E-state index in [1.165, 1.54) is 7.05 Å². The highest BCUT2D eigenvalue weighted by Crippen LogP contribution is 2.27. The molecule has 0 saturated carbocycles. The van der Waals surface area contributed by atoms with E-state index in [-0.39, 0.29) is 18.2 Å². The third-order valence-corrected chi connectivity index (χ3v) is 6.26. The van der Waals surface area contributed by atoms with E-state index in [0.717, 1.165) is 49.5 Å². The van der Waals surface area contributed by atoms with Crippen LogP contribution in [0.5, 0.6) is 0 Å². The minimum absolute atomic E-state index is 0. The van der Waals surface area contributed by atoms with Crippen molar-refractivity contribution in [1.82, 2.24) is 29.9 Å². The van der Waals surface area contributed by atoms with Gasteiger partial charge in [-0.2, -0.15) is 0 Å². The van der Waals surface area contributed by atoms with Crippen molar-refractivity contribution in [3.8, 4) is 0 Å². The van der Waals surface area contributed by atoms with Gasteiger partial charge in [0.25, 0.3) is 0 Å². The van der Waals surface area contributed by atoms with Crippen molar-refractivity contribution in [3.05, 3.63) is 34.7 Å². The fourth-order valence-corrected chi connectivity index (χ4v) is 3.80. The van der Waals surface area contributed by atoms with Crippen LogP contribution in [0.2, 0.25) is 5.15 Å². The van der Waals surface area contributed by atoms with Gasteiger partial charge in [-0.25, -0.2) is 23.1 Å². The molecule has 0 radical (unpaired) electrons. The number of hydrogen-bond acceptors (Lipinski definition) is 7. The molecule has 8 nitrogen and oxygen atoms in total. The normalized spacial score (nSPS) is 18.5. The molecule has 1 aromatic rings. The first kappa shape index (κ1) is 22.2. The zero-order valence-electron chi connectivity index (χ0n) is 15.5. The Morgan fingerprint density at radius 1 is 1.26 bits per heavy atom. The SMILES string of the molecule is CNS(=O)(=O)CCNC1=CN(N2CCN(C)CC2)Cc2cnc(Cl)cc21.Cl. The predicted molar refractivity (Wildman–Crippen MR) is 110 cm³/mol. The van der Waals surface area contributed by atoms with E-state index >= 15 is 0 Å². The first-order valence-corrected chi connectivity index (χ1v) is 10.6. The molecule has 0 aliphatic carbocycles. The lowest BCUT2D eigenvalue weighted by Crippen LogP contribution is -2.51. The number of sulfonamides is 1. The van der Waals surface area contributed by atoms with Gasteiger partial charge in [0.15, 0.2) is 0 Å². The molecule has 1 aromatic heterocycles. The van der Waals surface area contributed by atoms with Crippen LogP contribution in [-0.4, -0.2) is 80.9 Å². The summed E-state index contributed by atoms with van der Waals surface area (Å²) in [6.07, 6.45) is 3.83. The van der Waals surface area contributed by atoms with E-state index in [1.807, 2.05) is 12.3 Å². The first-order valence-electron chi connectivity index (χ1n) is 8.60. The lowest BCUT2D eigenvalue weighted by molar-refractivity contribution is -0.0226. The van der Waals surface area contributed by atoms with Gasteiger partial charge >= 0.3 is 0 Å². The van der Waals surface area contributed by atoms with E-state index in [1.54, 1.807) is 6.20 Å². The minimum atomic E-state index is -3.25. The van der Waals surface area contributed by atoms with Crippen molar-refractivity contribution in [2.45, 2.75) is 6.54 Å². The molecule has 2 aliphatic rings. The van der Waals surface area contributed by atoms with Crippen molar-refractivity contribution in [1.29, 1.82) is 0 Å². The highest BCUT2D eigenvalue weighted by molar-refractivity contribution is 7.89. The largest absolute Gasteiger partial charge is 0.382 e. The average Bonchev–Trinajstić information content (AvgIpc) is 2.62. The molecule has 0 unspecified atom stereocenters. The molecule has 0 aromatic carbocycles. The van der Waals surface area contributed by atoms with Gasteiger partial charge in [0.2, 0.25) is 10.0 Å². The molecule has 0 spiro atoms. The summed E-state index contributed by atoms with van der Waals surface area (Å²) >= 11 is 6.07. The maximum atomic E-state index is 11.7. The Bertz CT molecular complexity index is 781. The lowest BCUT2D eigenvalue weighted by atomic mass is 10.0. The van der Waals surface area contributed by atoms with Crippen LogP contribution in [-0.2, 0) is 16.6 Å².